The standard InChI is InChI=1S/C16H14ClF3N4O3S/c1-8-3-9(2)23-15(22-8)28-7-13(26)27-6-12(25)24-14-11(17)4-10(5-21-14)16(18,19)20/h3-5H,6-7H2,1-2H3,(H,21,24,25). The maximum atomic E-state index is 12.6. The van der Waals surface area contributed by atoms with Crippen LogP contribution >= 0.6 is 23.4 Å². The Balaban J connectivity index is 1.82. The van der Waals surface area contributed by atoms with E-state index in [-0.39, 0.29) is 11.6 Å². The van der Waals surface area contributed by atoms with E-state index in [0.717, 1.165) is 23.1 Å². The van der Waals surface area contributed by atoms with Gasteiger partial charge in [0.2, 0.25) is 0 Å². The molecule has 2 aromatic heterocycles. The molecule has 2 aromatic rings. The van der Waals surface area contributed by atoms with E-state index in [0.29, 0.717) is 17.4 Å². The van der Waals surface area contributed by atoms with Gasteiger partial charge in [-0.05, 0) is 26.0 Å². The first-order valence-electron chi connectivity index (χ1n) is 7.68. The molecule has 0 aliphatic heterocycles. The highest BCUT2D eigenvalue weighted by atomic mass is 35.5. The highest BCUT2D eigenvalue weighted by molar-refractivity contribution is 7.99. The molecule has 0 aliphatic carbocycles. The Morgan fingerprint density at radius 1 is 1.21 bits per heavy atom. The van der Waals surface area contributed by atoms with E-state index in [9.17, 15) is 22.8 Å². The zero-order valence-electron chi connectivity index (χ0n) is 14.6. The predicted molar refractivity (Wildman–Crippen MR) is 96.1 cm³/mol. The topological polar surface area (TPSA) is 94.1 Å². The van der Waals surface area contributed by atoms with Crippen molar-refractivity contribution >= 4 is 41.1 Å². The van der Waals surface area contributed by atoms with Gasteiger partial charge >= 0.3 is 12.1 Å². The summed E-state index contributed by atoms with van der Waals surface area (Å²) in [6, 6.07) is 2.42. The Hall–Kier alpha value is -2.40. The van der Waals surface area contributed by atoms with Gasteiger partial charge in [0.25, 0.3) is 5.91 Å². The van der Waals surface area contributed by atoms with Crippen LogP contribution in [0.4, 0.5) is 19.0 Å². The van der Waals surface area contributed by atoms with Gasteiger partial charge in [-0.15, -0.1) is 0 Å². The van der Waals surface area contributed by atoms with E-state index in [1.165, 1.54) is 0 Å². The van der Waals surface area contributed by atoms with E-state index < -0.39 is 35.2 Å². The van der Waals surface area contributed by atoms with Crippen molar-refractivity contribution in [2.24, 2.45) is 0 Å². The van der Waals surface area contributed by atoms with Gasteiger partial charge in [0.1, 0.15) is 0 Å². The Labute approximate surface area is 167 Å². The predicted octanol–water partition coefficient (Wildman–Crippen LogP) is 3.43. The summed E-state index contributed by atoms with van der Waals surface area (Å²) < 4.78 is 42.5. The van der Waals surface area contributed by atoms with Gasteiger partial charge in [0, 0.05) is 17.6 Å². The van der Waals surface area contributed by atoms with E-state index >= 15 is 0 Å². The molecule has 0 spiro atoms. The normalized spacial score (nSPS) is 11.2. The van der Waals surface area contributed by atoms with Crippen molar-refractivity contribution in [1.82, 2.24) is 15.0 Å². The van der Waals surface area contributed by atoms with Gasteiger partial charge in [-0.3, -0.25) is 9.59 Å². The van der Waals surface area contributed by atoms with Crippen LogP contribution in [0.3, 0.4) is 0 Å². The van der Waals surface area contributed by atoms with Crippen LogP contribution in [0.1, 0.15) is 17.0 Å². The number of nitrogens with zero attached hydrogens (tertiary/aromatic N) is 3. The number of hydrogen-bond donors (Lipinski definition) is 1. The van der Waals surface area contributed by atoms with Gasteiger partial charge in [0.05, 0.1) is 16.3 Å². The molecule has 0 atom stereocenters. The first kappa shape index (κ1) is 21.9. The van der Waals surface area contributed by atoms with Crippen LogP contribution in [0.15, 0.2) is 23.5 Å². The van der Waals surface area contributed by atoms with Crippen molar-refractivity contribution in [3.8, 4) is 0 Å². The second-order valence-corrected chi connectivity index (χ2v) is 6.83. The molecule has 1 N–H and O–H groups in total. The van der Waals surface area contributed by atoms with Crippen molar-refractivity contribution in [3.63, 3.8) is 0 Å². The number of aromatic nitrogens is 3. The van der Waals surface area contributed by atoms with Crippen LogP contribution in [0.2, 0.25) is 5.02 Å². The third-order valence-electron chi connectivity index (χ3n) is 3.07. The number of carbonyl (C=O) groups is 2. The summed E-state index contributed by atoms with van der Waals surface area (Å²) in [5.41, 5.74) is 0.458. The minimum absolute atomic E-state index is 0.116. The molecule has 2 rings (SSSR count). The Morgan fingerprint density at radius 2 is 1.86 bits per heavy atom. The van der Waals surface area contributed by atoms with Crippen molar-refractivity contribution in [2.75, 3.05) is 17.7 Å². The molecule has 2 heterocycles. The number of nitrogens with one attached hydrogen (secondary N) is 1. The molecule has 0 aliphatic rings. The molecule has 7 nitrogen and oxygen atoms in total. The molecule has 12 heteroatoms. The third-order valence-corrected chi connectivity index (χ3v) is 4.18. The van der Waals surface area contributed by atoms with E-state index in [1.54, 1.807) is 19.9 Å². The maximum absolute atomic E-state index is 12.6. The Kier molecular flexibility index (Phi) is 7.19. The number of hydrogen-bond acceptors (Lipinski definition) is 7. The number of thioether (sulfide) groups is 1. The van der Waals surface area contributed by atoms with Crippen LogP contribution in [0.5, 0.6) is 0 Å². The smallest absolute Gasteiger partial charge is 0.417 e. The van der Waals surface area contributed by atoms with Gasteiger partial charge < -0.3 is 10.1 Å². The lowest BCUT2D eigenvalue weighted by Crippen LogP contribution is -2.22. The molecule has 1 amide bonds. The summed E-state index contributed by atoms with van der Waals surface area (Å²) in [6.45, 7) is 2.94. The zero-order chi connectivity index (χ0) is 20.9. The molecule has 0 radical (unpaired) electrons. The number of alkyl halides is 3. The summed E-state index contributed by atoms with van der Waals surface area (Å²) in [5, 5.41) is 2.19. The van der Waals surface area contributed by atoms with Crippen molar-refractivity contribution in [1.29, 1.82) is 0 Å². The lowest BCUT2D eigenvalue weighted by Gasteiger charge is -2.10. The molecule has 0 unspecified atom stereocenters. The van der Waals surface area contributed by atoms with Gasteiger partial charge in [-0.25, -0.2) is 15.0 Å². The molecule has 0 fully saturated rings. The zero-order valence-corrected chi connectivity index (χ0v) is 16.2. The number of rotatable bonds is 6. The molecule has 0 aromatic carbocycles. The quantitative estimate of drug-likeness (QED) is 0.423. The molecular formula is C16H14ClF3N4O3S. The summed E-state index contributed by atoms with van der Waals surface area (Å²) in [4.78, 5) is 35.3. The third kappa shape index (κ3) is 6.64. The fourth-order valence-electron chi connectivity index (χ4n) is 1.92. The number of anilines is 1. The van der Waals surface area contributed by atoms with Crippen LogP contribution in [-0.2, 0) is 20.5 Å². The van der Waals surface area contributed by atoms with Crippen molar-refractivity contribution < 1.29 is 27.5 Å². The second kappa shape index (κ2) is 9.20. The lowest BCUT2D eigenvalue weighted by atomic mass is 10.3. The average Bonchev–Trinajstić information content (AvgIpc) is 2.58. The SMILES string of the molecule is Cc1cc(C)nc(SCC(=O)OCC(=O)Nc2ncc(C(F)(F)F)cc2Cl)n1. The fraction of sp³-hybridized carbons (Fsp3) is 0.312. The molecular weight excluding hydrogens is 421 g/mol. The van der Waals surface area contributed by atoms with Gasteiger partial charge in [-0.2, -0.15) is 13.2 Å². The minimum atomic E-state index is -4.61. The first-order chi connectivity index (χ1) is 13.0. The molecule has 150 valence electrons. The van der Waals surface area contributed by atoms with Crippen LogP contribution in [0, 0.1) is 13.8 Å². The van der Waals surface area contributed by atoms with E-state index in [2.05, 4.69) is 20.3 Å². The van der Waals surface area contributed by atoms with Crippen LogP contribution in [-0.4, -0.2) is 39.2 Å². The lowest BCUT2D eigenvalue weighted by molar-refractivity contribution is -0.144. The number of carbonyl (C=O) groups excluding carboxylic acids is 2. The van der Waals surface area contributed by atoms with Crippen molar-refractivity contribution in [3.05, 3.63) is 40.3 Å². The number of pyridine rings is 1. The van der Waals surface area contributed by atoms with E-state index in [4.69, 9.17) is 16.3 Å². The monoisotopic (exact) mass is 434 g/mol. The number of halogens is 4. The Bertz CT molecular complexity index is 876. The number of esters is 1. The molecule has 28 heavy (non-hydrogen) atoms. The highest BCUT2D eigenvalue weighted by Gasteiger charge is 2.31. The highest BCUT2D eigenvalue weighted by Crippen LogP contribution is 2.32. The first-order valence-corrected chi connectivity index (χ1v) is 9.04. The van der Waals surface area contributed by atoms with E-state index in [1.807, 2.05) is 0 Å². The fourth-order valence-corrected chi connectivity index (χ4v) is 2.88. The summed E-state index contributed by atoms with van der Waals surface area (Å²) in [5.74, 6) is -1.87. The largest absolute Gasteiger partial charge is 0.455 e. The Morgan fingerprint density at radius 3 is 2.43 bits per heavy atom. The van der Waals surface area contributed by atoms with Gasteiger partial charge in [-0.1, -0.05) is 23.4 Å². The van der Waals surface area contributed by atoms with Crippen molar-refractivity contribution in [2.45, 2.75) is 25.2 Å². The molecule has 0 saturated carbocycles. The minimum Gasteiger partial charge on any atom is -0.455 e. The average molecular weight is 435 g/mol. The summed E-state index contributed by atoms with van der Waals surface area (Å²) >= 11 is 6.73. The van der Waals surface area contributed by atoms with Gasteiger partial charge in [0.15, 0.2) is 17.6 Å². The van der Waals surface area contributed by atoms with Crippen LogP contribution in [0.25, 0.3) is 0 Å². The maximum Gasteiger partial charge on any atom is 0.417 e. The van der Waals surface area contributed by atoms with Crippen LogP contribution < -0.4 is 5.32 Å². The molecule has 0 saturated heterocycles. The number of aryl methyl sites for hydroxylation is 2. The number of amides is 1. The summed E-state index contributed by atoms with van der Waals surface area (Å²) in [7, 11) is 0. The molecule has 0 bridgehead atoms. The second-order valence-electron chi connectivity index (χ2n) is 5.48. The number of ether oxygens (including phenoxy) is 1. The summed E-state index contributed by atoms with van der Waals surface area (Å²) in [6.07, 6.45) is -4.07.